The van der Waals surface area contributed by atoms with Gasteiger partial charge in [-0.2, -0.15) is 0 Å². The molecule has 0 saturated carbocycles. The van der Waals surface area contributed by atoms with Gasteiger partial charge in [0.1, 0.15) is 5.75 Å². The van der Waals surface area contributed by atoms with Gasteiger partial charge >= 0.3 is 0 Å². The summed E-state index contributed by atoms with van der Waals surface area (Å²) in [4.78, 5) is 16.1. The van der Waals surface area contributed by atoms with Crippen LogP contribution in [0.3, 0.4) is 0 Å². The highest BCUT2D eigenvalue weighted by atomic mass is 16.5. The van der Waals surface area contributed by atoms with E-state index in [0.717, 1.165) is 50.1 Å². The van der Waals surface area contributed by atoms with E-state index in [4.69, 9.17) is 4.74 Å². The number of unbranched alkanes of at least 4 members (excludes halogenated alkanes) is 2. The van der Waals surface area contributed by atoms with Crippen LogP contribution in [-0.2, 0) is 17.6 Å². The predicted octanol–water partition coefficient (Wildman–Crippen LogP) is 2.65. The number of nitrogens with one attached hydrogen (secondary N) is 1. The fraction of sp³-hybridized carbons (Fsp3) is 0.625. The van der Waals surface area contributed by atoms with Crippen molar-refractivity contribution in [1.82, 2.24) is 10.3 Å². The van der Waals surface area contributed by atoms with Gasteiger partial charge in [0.25, 0.3) is 5.91 Å². The number of ether oxygens (including phenoxy) is 1. The zero-order valence-electron chi connectivity index (χ0n) is 12.3. The fourth-order valence-electron chi connectivity index (χ4n) is 2.53. The second-order valence-electron chi connectivity index (χ2n) is 5.29. The molecule has 4 nitrogen and oxygen atoms in total. The summed E-state index contributed by atoms with van der Waals surface area (Å²) in [5.74, 6) is 0.792. The second-order valence-corrected chi connectivity index (χ2v) is 5.29. The van der Waals surface area contributed by atoms with Gasteiger partial charge in [-0.3, -0.25) is 9.78 Å². The number of rotatable bonds is 7. The van der Waals surface area contributed by atoms with E-state index in [-0.39, 0.29) is 12.5 Å². The monoisotopic (exact) mass is 276 g/mol. The number of hydrogen-bond donors (Lipinski definition) is 1. The van der Waals surface area contributed by atoms with E-state index in [1.54, 1.807) is 6.20 Å². The topological polar surface area (TPSA) is 51.2 Å². The molecule has 1 aliphatic carbocycles. The van der Waals surface area contributed by atoms with Crippen molar-refractivity contribution in [3.63, 3.8) is 0 Å². The Morgan fingerprint density at radius 3 is 3.05 bits per heavy atom. The van der Waals surface area contributed by atoms with Crippen molar-refractivity contribution in [3.05, 3.63) is 23.5 Å². The van der Waals surface area contributed by atoms with Crippen molar-refractivity contribution in [2.24, 2.45) is 0 Å². The van der Waals surface area contributed by atoms with Crippen molar-refractivity contribution in [1.29, 1.82) is 0 Å². The second kappa shape index (κ2) is 7.88. The number of pyridine rings is 1. The third-order valence-corrected chi connectivity index (χ3v) is 3.65. The minimum absolute atomic E-state index is 0.0394. The molecular formula is C16H24N2O2. The lowest BCUT2D eigenvalue weighted by Gasteiger charge is -2.18. The Labute approximate surface area is 120 Å². The van der Waals surface area contributed by atoms with Gasteiger partial charge in [-0.25, -0.2) is 0 Å². The largest absolute Gasteiger partial charge is 0.483 e. The molecule has 0 unspecified atom stereocenters. The molecule has 1 amide bonds. The Hall–Kier alpha value is -1.58. The molecule has 0 fully saturated rings. The van der Waals surface area contributed by atoms with Gasteiger partial charge < -0.3 is 10.1 Å². The lowest BCUT2D eigenvalue weighted by molar-refractivity contribution is -0.123. The summed E-state index contributed by atoms with van der Waals surface area (Å²) in [6.07, 6.45) is 9.53. The lowest BCUT2D eigenvalue weighted by atomic mass is 9.95. The molecule has 1 heterocycles. The maximum atomic E-state index is 11.7. The highest BCUT2D eigenvalue weighted by molar-refractivity contribution is 5.77. The summed E-state index contributed by atoms with van der Waals surface area (Å²) in [5, 5.41) is 2.89. The van der Waals surface area contributed by atoms with Gasteiger partial charge in [-0.15, -0.1) is 0 Å². The molecule has 0 radical (unpaired) electrons. The van der Waals surface area contributed by atoms with E-state index in [2.05, 4.69) is 17.2 Å². The van der Waals surface area contributed by atoms with Gasteiger partial charge in [0.2, 0.25) is 0 Å². The molecule has 110 valence electrons. The normalized spacial score (nSPS) is 13.7. The molecule has 0 spiro atoms. The average Bonchev–Trinajstić information content (AvgIpc) is 2.49. The van der Waals surface area contributed by atoms with Crippen molar-refractivity contribution in [3.8, 4) is 5.75 Å². The van der Waals surface area contributed by atoms with Gasteiger partial charge in [-0.05, 0) is 38.2 Å². The highest BCUT2D eigenvalue weighted by Crippen LogP contribution is 2.27. The number of hydrogen-bond acceptors (Lipinski definition) is 3. The Bertz CT molecular complexity index is 446. The number of amides is 1. The first kappa shape index (κ1) is 14.8. The summed E-state index contributed by atoms with van der Waals surface area (Å²) in [5.41, 5.74) is 2.33. The smallest absolute Gasteiger partial charge is 0.257 e. The Balaban J connectivity index is 1.80. The van der Waals surface area contributed by atoms with Gasteiger partial charge in [-0.1, -0.05) is 19.8 Å². The first-order valence-corrected chi connectivity index (χ1v) is 7.67. The zero-order valence-corrected chi connectivity index (χ0v) is 12.3. The number of aryl methyl sites for hydroxylation is 1. The third-order valence-electron chi connectivity index (χ3n) is 3.65. The molecular weight excluding hydrogens is 252 g/mol. The maximum Gasteiger partial charge on any atom is 0.257 e. The van der Waals surface area contributed by atoms with Crippen LogP contribution in [0.4, 0.5) is 0 Å². The molecule has 0 bridgehead atoms. The summed E-state index contributed by atoms with van der Waals surface area (Å²) in [6, 6.07) is 1.87. The predicted molar refractivity (Wildman–Crippen MR) is 78.9 cm³/mol. The lowest BCUT2D eigenvalue weighted by Crippen LogP contribution is -2.30. The summed E-state index contributed by atoms with van der Waals surface area (Å²) >= 11 is 0. The minimum atomic E-state index is -0.0394. The molecule has 2 rings (SSSR count). The molecule has 1 aliphatic rings. The highest BCUT2D eigenvalue weighted by Gasteiger charge is 2.15. The Kier molecular flexibility index (Phi) is 5.84. The van der Waals surface area contributed by atoms with Crippen LogP contribution in [-0.4, -0.2) is 24.0 Å². The molecule has 4 heteroatoms. The van der Waals surface area contributed by atoms with E-state index < -0.39 is 0 Å². The first-order chi connectivity index (χ1) is 9.81. The van der Waals surface area contributed by atoms with Crippen LogP contribution in [0.25, 0.3) is 0 Å². The van der Waals surface area contributed by atoms with E-state index in [1.807, 2.05) is 6.07 Å². The van der Waals surface area contributed by atoms with E-state index >= 15 is 0 Å². The SMILES string of the molecule is CCCCCNC(=O)COc1ccnc2c1CCCC2. The molecule has 0 aliphatic heterocycles. The number of fused-ring (bicyclic) bond motifs is 1. The van der Waals surface area contributed by atoms with Crippen molar-refractivity contribution in [2.45, 2.75) is 51.9 Å². The van der Waals surface area contributed by atoms with Gasteiger partial charge in [0, 0.05) is 24.0 Å². The van der Waals surface area contributed by atoms with Crippen molar-refractivity contribution < 1.29 is 9.53 Å². The van der Waals surface area contributed by atoms with E-state index in [1.165, 1.54) is 18.4 Å². The van der Waals surface area contributed by atoms with Crippen molar-refractivity contribution in [2.75, 3.05) is 13.2 Å². The van der Waals surface area contributed by atoms with Crippen LogP contribution in [0.15, 0.2) is 12.3 Å². The molecule has 0 atom stereocenters. The fourth-order valence-corrected chi connectivity index (χ4v) is 2.53. The van der Waals surface area contributed by atoms with Gasteiger partial charge in [0.05, 0.1) is 0 Å². The maximum absolute atomic E-state index is 11.7. The summed E-state index contributed by atoms with van der Waals surface area (Å²) in [7, 11) is 0. The quantitative estimate of drug-likeness (QED) is 0.779. The van der Waals surface area contributed by atoms with Crippen LogP contribution < -0.4 is 10.1 Å². The molecule has 1 N–H and O–H groups in total. The molecule has 0 saturated heterocycles. The van der Waals surface area contributed by atoms with E-state index in [0.29, 0.717) is 0 Å². The van der Waals surface area contributed by atoms with Crippen LogP contribution in [0.2, 0.25) is 0 Å². The Morgan fingerprint density at radius 2 is 2.20 bits per heavy atom. The average molecular weight is 276 g/mol. The Morgan fingerprint density at radius 1 is 1.35 bits per heavy atom. The van der Waals surface area contributed by atoms with Crippen LogP contribution in [0.1, 0.15) is 50.3 Å². The van der Waals surface area contributed by atoms with E-state index in [9.17, 15) is 4.79 Å². The molecule has 1 aromatic rings. The standard InChI is InChI=1S/C16H24N2O2/c1-2-3-6-10-18-16(19)12-20-15-9-11-17-14-8-5-4-7-13(14)15/h9,11H,2-8,10,12H2,1H3,(H,18,19). The molecule has 0 aromatic carbocycles. The number of nitrogens with zero attached hydrogens (tertiary/aromatic N) is 1. The van der Waals surface area contributed by atoms with Gasteiger partial charge in [0.15, 0.2) is 6.61 Å². The van der Waals surface area contributed by atoms with Crippen molar-refractivity contribution >= 4 is 5.91 Å². The minimum Gasteiger partial charge on any atom is -0.483 e. The number of aromatic nitrogens is 1. The summed E-state index contributed by atoms with van der Waals surface area (Å²) in [6.45, 7) is 2.99. The number of carbonyl (C=O) groups excluding carboxylic acids is 1. The van der Waals surface area contributed by atoms with Crippen LogP contribution in [0.5, 0.6) is 5.75 Å². The molecule has 20 heavy (non-hydrogen) atoms. The van der Waals surface area contributed by atoms with Crippen LogP contribution in [0, 0.1) is 0 Å². The first-order valence-electron chi connectivity index (χ1n) is 7.67. The zero-order chi connectivity index (χ0) is 14.2. The summed E-state index contributed by atoms with van der Waals surface area (Å²) < 4.78 is 5.67. The number of carbonyl (C=O) groups is 1. The molecule has 1 aromatic heterocycles. The third kappa shape index (κ3) is 4.22. The van der Waals surface area contributed by atoms with Crippen LogP contribution >= 0.6 is 0 Å².